The van der Waals surface area contributed by atoms with Gasteiger partial charge in [-0.15, -0.1) is 11.3 Å². The minimum Gasteiger partial charge on any atom is -0.366 e. The number of hydrogen-bond acceptors (Lipinski definition) is 5. The summed E-state index contributed by atoms with van der Waals surface area (Å²) < 4.78 is 26.2. The zero-order valence-electron chi connectivity index (χ0n) is 20.4. The van der Waals surface area contributed by atoms with E-state index in [9.17, 15) is 13.2 Å². The number of hydrogen-bond donors (Lipinski definition) is 2. The molecule has 188 valence electrons. The van der Waals surface area contributed by atoms with E-state index in [2.05, 4.69) is 34.3 Å². The summed E-state index contributed by atoms with van der Waals surface area (Å²) in [6.07, 6.45) is 6.02. The molecule has 4 heterocycles. The van der Waals surface area contributed by atoms with Gasteiger partial charge in [0.05, 0.1) is 16.8 Å². The fourth-order valence-electron chi connectivity index (χ4n) is 5.62. The number of aromatic nitrogens is 1. The van der Waals surface area contributed by atoms with Crippen LogP contribution in [0.5, 0.6) is 0 Å². The number of primary amides is 1. The van der Waals surface area contributed by atoms with E-state index in [1.807, 2.05) is 12.3 Å². The van der Waals surface area contributed by atoms with Gasteiger partial charge >= 0.3 is 0 Å². The predicted molar refractivity (Wildman–Crippen MR) is 142 cm³/mol. The molecule has 2 fully saturated rings. The Hall–Kier alpha value is -2.20. The Kier molecular flexibility index (Phi) is 6.78. The van der Waals surface area contributed by atoms with Crippen molar-refractivity contribution in [3.63, 3.8) is 0 Å². The molecule has 5 rings (SSSR count). The van der Waals surface area contributed by atoms with E-state index in [-0.39, 0.29) is 11.7 Å². The van der Waals surface area contributed by atoms with Gasteiger partial charge in [0, 0.05) is 42.1 Å². The highest BCUT2D eigenvalue weighted by atomic mass is 32.2. The molecule has 1 aromatic carbocycles. The minimum atomic E-state index is -3.16. The first-order valence-corrected chi connectivity index (χ1v) is 15.0. The largest absolute Gasteiger partial charge is 0.366 e. The van der Waals surface area contributed by atoms with Gasteiger partial charge in [-0.25, -0.2) is 12.7 Å². The highest BCUT2D eigenvalue weighted by Crippen LogP contribution is 2.38. The second-order valence-corrected chi connectivity index (χ2v) is 13.1. The van der Waals surface area contributed by atoms with Crippen molar-refractivity contribution >= 4 is 38.2 Å². The Labute approximate surface area is 211 Å². The molecule has 0 bridgehead atoms. The predicted octanol–water partition coefficient (Wildman–Crippen LogP) is 4.51. The lowest BCUT2D eigenvalue weighted by molar-refractivity contribution is 0.100. The molecule has 7 nitrogen and oxygen atoms in total. The van der Waals surface area contributed by atoms with Crippen LogP contribution in [0.25, 0.3) is 22.0 Å². The van der Waals surface area contributed by atoms with E-state index in [1.165, 1.54) is 17.7 Å². The Morgan fingerprint density at radius 1 is 1.14 bits per heavy atom. The van der Waals surface area contributed by atoms with Gasteiger partial charge in [-0.3, -0.25) is 9.69 Å². The first-order chi connectivity index (χ1) is 16.8. The van der Waals surface area contributed by atoms with Gasteiger partial charge in [0.1, 0.15) is 0 Å². The number of H-pyrrole nitrogens is 1. The first-order valence-electron chi connectivity index (χ1n) is 12.5. The second-order valence-electron chi connectivity index (χ2n) is 9.89. The Bertz CT molecular complexity index is 1340. The molecule has 0 unspecified atom stereocenters. The molecule has 1 amide bonds. The molecule has 2 aliphatic rings. The van der Waals surface area contributed by atoms with Crippen molar-refractivity contribution < 1.29 is 13.2 Å². The van der Waals surface area contributed by atoms with Crippen LogP contribution in [-0.4, -0.2) is 59.9 Å². The van der Waals surface area contributed by atoms with Gasteiger partial charge in [-0.2, -0.15) is 0 Å². The van der Waals surface area contributed by atoms with Gasteiger partial charge in [0.15, 0.2) is 0 Å². The third-order valence-electron chi connectivity index (χ3n) is 7.78. The number of thiophene rings is 1. The molecule has 0 aliphatic carbocycles. The lowest BCUT2D eigenvalue weighted by atomic mass is 9.88. The van der Waals surface area contributed by atoms with Crippen LogP contribution >= 0.6 is 11.3 Å². The first kappa shape index (κ1) is 24.5. The number of carbonyl (C=O) groups is 1. The van der Waals surface area contributed by atoms with E-state index in [4.69, 9.17) is 5.73 Å². The maximum atomic E-state index is 12.4. The van der Waals surface area contributed by atoms with Crippen molar-refractivity contribution in [1.29, 1.82) is 0 Å². The SMILES string of the molecule is CCS(=O)(=O)N1CCC(c2c[nH]c3c(C(N)=O)cc(-c4csc(CN5CCC[C@H]5C)c4)cc23)CC1. The Morgan fingerprint density at radius 2 is 1.91 bits per heavy atom. The molecule has 0 saturated carbocycles. The summed E-state index contributed by atoms with van der Waals surface area (Å²) in [4.78, 5) is 19.5. The fourth-order valence-corrected chi connectivity index (χ4v) is 7.67. The van der Waals surface area contributed by atoms with Crippen LogP contribution in [0, 0.1) is 0 Å². The molecule has 0 radical (unpaired) electrons. The Balaban J connectivity index is 1.45. The maximum absolute atomic E-state index is 12.4. The van der Waals surface area contributed by atoms with E-state index < -0.39 is 15.9 Å². The van der Waals surface area contributed by atoms with Gasteiger partial charge in [-0.05, 0) is 92.3 Å². The van der Waals surface area contributed by atoms with Crippen molar-refractivity contribution in [2.75, 3.05) is 25.4 Å². The standard InChI is InChI=1S/C26H34N4O3S2/c1-3-35(32,33)30-9-6-18(7-10-30)24-14-28-25-22(24)12-19(13-23(25)26(27)31)20-11-21(34-16-20)15-29-8-4-5-17(29)2/h11-14,16-18,28H,3-10,15H2,1-2H3,(H2,27,31)/t17-/m1/s1. The Morgan fingerprint density at radius 3 is 2.57 bits per heavy atom. The number of nitrogens with two attached hydrogens (primary N) is 1. The number of fused-ring (bicyclic) bond motifs is 1. The number of amides is 1. The number of rotatable bonds is 7. The van der Waals surface area contributed by atoms with Crippen LogP contribution in [0.1, 0.15) is 66.2 Å². The van der Waals surface area contributed by atoms with Crippen LogP contribution in [0.15, 0.2) is 29.8 Å². The van der Waals surface area contributed by atoms with Crippen molar-refractivity contribution in [1.82, 2.24) is 14.2 Å². The summed E-state index contributed by atoms with van der Waals surface area (Å²) in [5.74, 6) is -0.0803. The summed E-state index contributed by atoms with van der Waals surface area (Å²) in [5.41, 5.74) is 10.3. The average molecular weight is 515 g/mol. The third kappa shape index (κ3) is 4.79. The van der Waals surface area contributed by atoms with E-state index in [0.717, 1.165) is 53.5 Å². The number of nitrogens with one attached hydrogen (secondary N) is 1. The zero-order valence-corrected chi connectivity index (χ0v) is 22.1. The monoisotopic (exact) mass is 514 g/mol. The average Bonchev–Trinajstić information content (AvgIpc) is 3.59. The zero-order chi connectivity index (χ0) is 24.7. The number of aromatic amines is 1. The molecule has 1 atom stereocenters. The van der Waals surface area contributed by atoms with E-state index in [1.54, 1.807) is 22.6 Å². The quantitative estimate of drug-likeness (QED) is 0.485. The van der Waals surface area contributed by atoms with Crippen LogP contribution in [0.4, 0.5) is 0 Å². The van der Waals surface area contributed by atoms with E-state index >= 15 is 0 Å². The van der Waals surface area contributed by atoms with Crippen LogP contribution in [0.3, 0.4) is 0 Å². The number of piperidine rings is 1. The second kappa shape index (κ2) is 9.69. The van der Waals surface area contributed by atoms with Crippen molar-refractivity contribution in [3.05, 3.63) is 45.8 Å². The number of benzene rings is 1. The van der Waals surface area contributed by atoms with Crippen molar-refractivity contribution in [2.45, 2.75) is 58.0 Å². The van der Waals surface area contributed by atoms with Gasteiger partial charge in [-0.1, -0.05) is 0 Å². The van der Waals surface area contributed by atoms with Crippen molar-refractivity contribution in [3.8, 4) is 11.1 Å². The third-order valence-corrected chi connectivity index (χ3v) is 10.6. The molecule has 35 heavy (non-hydrogen) atoms. The summed E-state index contributed by atoms with van der Waals surface area (Å²) in [6, 6.07) is 6.92. The summed E-state index contributed by atoms with van der Waals surface area (Å²) in [6.45, 7) is 7.15. The van der Waals surface area contributed by atoms with Gasteiger partial charge in [0.25, 0.3) is 5.91 Å². The van der Waals surface area contributed by atoms with E-state index in [0.29, 0.717) is 24.7 Å². The molecule has 2 aliphatic heterocycles. The smallest absolute Gasteiger partial charge is 0.250 e. The number of carbonyl (C=O) groups excluding carboxylic acids is 1. The number of sulfonamides is 1. The fraction of sp³-hybridized carbons (Fsp3) is 0.500. The topological polar surface area (TPSA) is 99.5 Å². The van der Waals surface area contributed by atoms with Gasteiger partial charge < -0.3 is 10.7 Å². The molecule has 0 spiro atoms. The molecule has 3 N–H and O–H groups in total. The molecule has 2 saturated heterocycles. The summed E-state index contributed by atoms with van der Waals surface area (Å²) in [5, 5.41) is 3.18. The molecule has 9 heteroatoms. The molecular weight excluding hydrogens is 480 g/mol. The molecular formula is C26H34N4O3S2. The minimum absolute atomic E-state index is 0.134. The van der Waals surface area contributed by atoms with Crippen LogP contribution < -0.4 is 5.73 Å². The lowest BCUT2D eigenvalue weighted by Gasteiger charge is -2.31. The summed E-state index contributed by atoms with van der Waals surface area (Å²) >= 11 is 1.76. The van der Waals surface area contributed by atoms with Gasteiger partial charge in [0.2, 0.25) is 10.0 Å². The summed E-state index contributed by atoms with van der Waals surface area (Å²) in [7, 11) is -3.16. The lowest BCUT2D eigenvalue weighted by Crippen LogP contribution is -2.38. The van der Waals surface area contributed by atoms with Crippen molar-refractivity contribution in [2.24, 2.45) is 5.73 Å². The number of nitrogens with zero attached hydrogens (tertiary/aromatic N) is 2. The van der Waals surface area contributed by atoms with Crippen LogP contribution in [0.2, 0.25) is 0 Å². The highest BCUT2D eigenvalue weighted by Gasteiger charge is 2.29. The number of likely N-dealkylation sites (tertiary alicyclic amines) is 1. The molecule has 3 aromatic rings. The maximum Gasteiger partial charge on any atom is 0.250 e. The normalized spacial score (nSPS) is 20.7. The van der Waals surface area contributed by atoms with Crippen LogP contribution in [-0.2, 0) is 16.6 Å². The highest BCUT2D eigenvalue weighted by molar-refractivity contribution is 7.89. The molecule has 2 aromatic heterocycles.